The van der Waals surface area contributed by atoms with Gasteiger partial charge in [0.05, 0.1) is 17.0 Å². The number of nitrogens with one attached hydrogen (secondary N) is 1. The van der Waals surface area contributed by atoms with Crippen LogP contribution in [0.15, 0.2) is 60.9 Å². The van der Waals surface area contributed by atoms with Crippen LogP contribution in [0.25, 0.3) is 22.5 Å². The van der Waals surface area contributed by atoms with E-state index in [1.807, 2.05) is 49.4 Å². The van der Waals surface area contributed by atoms with Gasteiger partial charge in [-0.25, -0.2) is 0 Å². The molecular weight excluding hydrogens is 419 g/mol. The second-order valence-electron chi connectivity index (χ2n) is 5.64. The molecule has 0 bridgehead atoms. The largest absolute Gasteiger partial charge is 2.00 e. The number of carbonyl (C=O) groups is 1. The van der Waals surface area contributed by atoms with Crippen LogP contribution in [0.3, 0.4) is 0 Å². The van der Waals surface area contributed by atoms with Crippen LogP contribution in [0.1, 0.15) is 23.7 Å². The first kappa shape index (κ1) is 19.8. The maximum Gasteiger partial charge on any atom is 2.00 e. The number of anilines is 1. The summed E-state index contributed by atoms with van der Waals surface area (Å²) in [5, 5.41) is 2.90. The Morgan fingerprint density at radius 3 is 2.50 bits per heavy atom. The molecule has 0 unspecified atom stereocenters. The number of benzene rings is 1. The Labute approximate surface area is 166 Å². The maximum atomic E-state index is 12.6. The summed E-state index contributed by atoms with van der Waals surface area (Å²) in [5.74, 6) is -0.175. The molecule has 0 fully saturated rings. The molecule has 0 aliphatic heterocycles. The molecule has 5 nitrogen and oxygen atoms in total. The number of hydrogen-bond acceptors (Lipinski definition) is 4. The van der Waals surface area contributed by atoms with Crippen molar-refractivity contribution in [2.24, 2.45) is 0 Å². The first-order valence-corrected chi connectivity index (χ1v) is 8.26. The fourth-order valence-electron chi connectivity index (χ4n) is 2.70. The van der Waals surface area contributed by atoms with Crippen molar-refractivity contribution in [3.05, 3.63) is 66.5 Å². The molecule has 6 heteroatoms. The van der Waals surface area contributed by atoms with Gasteiger partial charge in [-0.05, 0) is 36.2 Å². The quantitative estimate of drug-likeness (QED) is 0.471. The van der Waals surface area contributed by atoms with Gasteiger partial charge in [-0.15, -0.1) is 0 Å². The summed E-state index contributed by atoms with van der Waals surface area (Å²) in [4.78, 5) is 21.5. The first-order chi connectivity index (χ1) is 12.2. The molecule has 0 spiro atoms. The molecular formula is C20H20N4OPd+2. The zero-order valence-corrected chi connectivity index (χ0v) is 15.9. The molecule has 134 valence electrons. The Balaban J connectivity index is 0.00000243. The Kier molecular flexibility index (Phi) is 7.02. The summed E-state index contributed by atoms with van der Waals surface area (Å²) in [6, 6.07) is 14.9. The number of pyridine rings is 2. The number of nitrogens with zero attached hydrogens (tertiary/aromatic N) is 2. The molecule has 0 atom stereocenters. The standard InChI is InChI=1S/C20H20N4O.Pd/c1-2-11-24-20(25)18-14(7-5-9-16(18)21)15-8-6-13-23-19(15)17-10-3-4-12-22-17;/h3-10,12-13H,2,11,21H2,1H3,(H,24,25);/q;+2. The molecule has 1 amide bonds. The average Bonchev–Trinajstić information content (AvgIpc) is 2.66. The van der Waals surface area contributed by atoms with Crippen molar-refractivity contribution >= 4 is 11.6 Å². The number of nitrogen functional groups attached to an aromatic ring is 1. The number of aromatic nitrogens is 2. The first-order valence-electron chi connectivity index (χ1n) is 8.26. The molecule has 26 heavy (non-hydrogen) atoms. The number of nitrogens with two attached hydrogens (primary N) is 1. The van der Waals surface area contributed by atoms with Crippen LogP contribution < -0.4 is 11.1 Å². The van der Waals surface area contributed by atoms with Crippen LogP contribution in [-0.4, -0.2) is 22.4 Å². The van der Waals surface area contributed by atoms with Crippen molar-refractivity contribution < 1.29 is 25.2 Å². The van der Waals surface area contributed by atoms with Gasteiger partial charge in [0.2, 0.25) is 0 Å². The summed E-state index contributed by atoms with van der Waals surface area (Å²) in [7, 11) is 0. The van der Waals surface area contributed by atoms with Gasteiger partial charge in [-0.2, -0.15) is 0 Å². The van der Waals surface area contributed by atoms with Crippen molar-refractivity contribution in [2.75, 3.05) is 12.3 Å². The van der Waals surface area contributed by atoms with E-state index >= 15 is 0 Å². The van der Waals surface area contributed by atoms with Crippen molar-refractivity contribution in [3.8, 4) is 22.5 Å². The average molecular weight is 439 g/mol. The summed E-state index contributed by atoms with van der Waals surface area (Å²) in [6.45, 7) is 2.61. The van der Waals surface area contributed by atoms with E-state index in [-0.39, 0.29) is 26.3 Å². The molecule has 0 radical (unpaired) electrons. The fourth-order valence-corrected chi connectivity index (χ4v) is 2.70. The molecule has 0 aliphatic rings. The zero-order chi connectivity index (χ0) is 17.6. The normalized spacial score (nSPS) is 10.0. The minimum absolute atomic E-state index is 0. The summed E-state index contributed by atoms with van der Waals surface area (Å²) in [5.41, 5.74) is 10.1. The Morgan fingerprint density at radius 2 is 1.77 bits per heavy atom. The smallest absolute Gasteiger partial charge is 0.398 e. The van der Waals surface area contributed by atoms with Crippen molar-refractivity contribution in [2.45, 2.75) is 13.3 Å². The Hall–Kier alpha value is -2.55. The molecule has 2 aromatic heterocycles. The number of rotatable bonds is 5. The second kappa shape index (κ2) is 9.23. The van der Waals surface area contributed by atoms with Crippen LogP contribution in [0.5, 0.6) is 0 Å². The van der Waals surface area contributed by atoms with E-state index < -0.39 is 0 Å². The van der Waals surface area contributed by atoms with Gasteiger partial charge in [0.25, 0.3) is 5.91 Å². The third-order valence-electron chi connectivity index (χ3n) is 3.86. The van der Waals surface area contributed by atoms with E-state index in [0.29, 0.717) is 17.8 Å². The predicted molar refractivity (Wildman–Crippen MR) is 99.9 cm³/mol. The molecule has 0 saturated heterocycles. The van der Waals surface area contributed by atoms with E-state index in [9.17, 15) is 4.79 Å². The number of hydrogen-bond donors (Lipinski definition) is 2. The van der Waals surface area contributed by atoms with Gasteiger partial charge in [0, 0.05) is 30.2 Å². The minimum Gasteiger partial charge on any atom is -0.398 e. The van der Waals surface area contributed by atoms with Crippen LogP contribution >= 0.6 is 0 Å². The summed E-state index contributed by atoms with van der Waals surface area (Å²) >= 11 is 0. The van der Waals surface area contributed by atoms with Gasteiger partial charge < -0.3 is 11.1 Å². The van der Waals surface area contributed by atoms with E-state index in [1.165, 1.54) is 0 Å². The monoisotopic (exact) mass is 438 g/mol. The summed E-state index contributed by atoms with van der Waals surface area (Å²) < 4.78 is 0. The molecule has 1 aromatic carbocycles. The third kappa shape index (κ3) is 4.16. The number of amides is 1. The molecule has 0 saturated carbocycles. The van der Waals surface area contributed by atoms with Gasteiger partial charge in [0.1, 0.15) is 0 Å². The molecule has 3 aromatic rings. The topological polar surface area (TPSA) is 80.9 Å². The van der Waals surface area contributed by atoms with E-state index in [2.05, 4.69) is 15.3 Å². The summed E-state index contributed by atoms with van der Waals surface area (Å²) in [6.07, 6.45) is 4.30. The van der Waals surface area contributed by atoms with Crippen molar-refractivity contribution in [1.82, 2.24) is 15.3 Å². The third-order valence-corrected chi connectivity index (χ3v) is 3.86. The van der Waals surface area contributed by atoms with Crippen LogP contribution in [0, 0.1) is 0 Å². The van der Waals surface area contributed by atoms with Crippen molar-refractivity contribution in [1.29, 1.82) is 0 Å². The maximum absolute atomic E-state index is 12.6. The second-order valence-corrected chi connectivity index (χ2v) is 5.64. The molecule has 2 heterocycles. The Morgan fingerprint density at radius 1 is 1.00 bits per heavy atom. The molecule has 3 N–H and O–H groups in total. The zero-order valence-electron chi connectivity index (χ0n) is 14.4. The number of carbonyl (C=O) groups excluding carboxylic acids is 1. The SMILES string of the molecule is CCCNC(=O)c1c(N)cccc1-c1cccnc1-c1ccccn1.[Pd+2]. The predicted octanol–water partition coefficient (Wildman–Crippen LogP) is 3.53. The van der Waals surface area contributed by atoms with Crippen LogP contribution in [0.2, 0.25) is 0 Å². The van der Waals surface area contributed by atoms with Gasteiger partial charge >= 0.3 is 20.4 Å². The van der Waals surface area contributed by atoms with Gasteiger partial charge in [-0.1, -0.05) is 31.2 Å². The van der Waals surface area contributed by atoms with Gasteiger partial charge in [-0.3, -0.25) is 14.8 Å². The van der Waals surface area contributed by atoms with E-state index in [4.69, 9.17) is 5.73 Å². The van der Waals surface area contributed by atoms with E-state index in [1.54, 1.807) is 18.5 Å². The Bertz CT molecular complexity index is 884. The van der Waals surface area contributed by atoms with Crippen LogP contribution in [0.4, 0.5) is 5.69 Å². The van der Waals surface area contributed by atoms with Crippen LogP contribution in [-0.2, 0) is 20.4 Å². The molecule has 3 rings (SSSR count). The molecule has 0 aliphatic carbocycles. The minimum atomic E-state index is -0.175. The van der Waals surface area contributed by atoms with Crippen molar-refractivity contribution in [3.63, 3.8) is 0 Å². The van der Waals surface area contributed by atoms with Gasteiger partial charge in [0.15, 0.2) is 0 Å². The fraction of sp³-hybridized carbons (Fsp3) is 0.150. The van der Waals surface area contributed by atoms with E-state index in [0.717, 1.165) is 28.9 Å².